The molecule has 136 valence electrons. The second-order valence-electron chi connectivity index (χ2n) is 5.98. The maximum atomic E-state index is 5.85. The summed E-state index contributed by atoms with van der Waals surface area (Å²) in [6.45, 7) is 4.40. The number of nitrogens with one attached hydrogen (secondary N) is 1. The van der Waals surface area contributed by atoms with Gasteiger partial charge >= 0.3 is 0 Å². The molecule has 3 rings (SSSR count). The molecule has 4 nitrogen and oxygen atoms in total. The van der Waals surface area contributed by atoms with E-state index in [1.807, 2.05) is 34.7 Å². The number of hydrogen-bond donors (Lipinski definition) is 1. The van der Waals surface area contributed by atoms with Gasteiger partial charge in [0.1, 0.15) is 12.4 Å². The van der Waals surface area contributed by atoms with Crippen molar-refractivity contribution >= 4 is 17.4 Å². The second kappa shape index (κ2) is 9.92. The fraction of sp³-hybridized carbons (Fsp3) is 0.286. The Hall–Kier alpha value is -2.40. The van der Waals surface area contributed by atoms with Gasteiger partial charge < -0.3 is 14.6 Å². The molecular formula is C21H25N3OS. The summed E-state index contributed by atoms with van der Waals surface area (Å²) in [6, 6.07) is 16.9. The molecule has 0 aliphatic carbocycles. The Labute approximate surface area is 159 Å². The van der Waals surface area contributed by atoms with Crippen molar-refractivity contribution in [1.29, 1.82) is 0 Å². The van der Waals surface area contributed by atoms with E-state index in [0.717, 1.165) is 36.0 Å². The van der Waals surface area contributed by atoms with Crippen LogP contribution in [0.4, 0.5) is 5.69 Å². The van der Waals surface area contributed by atoms with Gasteiger partial charge in [-0.3, -0.25) is 0 Å². The highest BCUT2D eigenvalue weighted by molar-refractivity contribution is 7.98. The van der Waals surface area contributed by atoms with Crippen LogP contribution in [0.1, 0.15) is 18.1 Å². The zero-order valence-corrected chi connectivity index (χ0v) is 15.9. The summed E-state index contributed by atoms with van der Waals surface area (Å²) in [5.74, 6) is 3.13. The third-order valence-electron chi connectivity index (χ3n) is 4.00. The molecule has 1 heterocycles. The third kappa shape index (κ3) is 5.85. The van der Waals surface area contributed by atoms with Crippen molar-refractivity contribution in [1.82, 2.24) is 9.55 Å². The number of anilines is 1. The number of aromatic nitrogens is 2. The molecule has 5 heteroatoms. The second-order valence-corrected chi connectivity index (χ2v) is 7.26. The summed E-state index contributed by atoms with van der Waals surface area (Å²) in [7, 11) is 0. The van der Waals surface area contributed by atoms with Gasteiger partial charge in [0.2, 0.25) is 0 Å². The molecule has 1 N–H and O–H groups in total. The predicted molar refractivity (Wildman–Crippen MR) is 110 cm³/mol. The van der Waals surface area contributed by atoms with Gasteiger partial charge in [-0.05, 0) is 41.1 Å². The lowest BCUT2D eigenvalue weighted by Crippen LogP contribution is -2.07. The van der Waals surface area contributed by atoms with Crippen molar-refractivity contribution in [3.05, 3.63) is 78.4 Å². The summed E-state index contributed by atoms with van der Waals surface area (Å²) in [5, 5.41) is 3.48. The van der Waals surface area contributed by atoms with E-state index in [-0.39, 0.29) is 0 Å². The van der Waals surface area contributed by atoms with E-state index in [4.69, 9.17) is 4.74 Å². The number of rotatable bonds is 10. The molecule has 0 radical (unpaired) electrons. The van der Waals surface area contributed by atoms with Crippen LogP contribution in [0, 0.1) is 0 Å². The van der Waals surface area contributed by atoms with Gasteiger partial charge in [-0.25, -0.2) is 4.98 Å². The zero-order chi connectivity index (χ0) is 18.0. The molecule has 26 heavy (non-hydrogen) atoms. The average molecular weight is 368 g/mol. The van der Waals surface area contributed by atoms with Gasteiger partial charge in [0.15, 0.2) is 0 Å². The van der Waals surface area contributed by atoms with E-state index < -0.39 is 0 Å². The fourth-order valence-electron chi connectivity index (χ4n) is 2.58. The zero-order valence-electron chi connectivity index (χ0n) is 15.1. The minimum atomic E-state index is 0.629. The molecule has 0 saturated heterocycles. The lowest BCUT2D eigenvalue weighted by atomic mass is 10.2. The van der Waals surface area contributed by atoms with Crippen molar-refractivity contribution < 1.29 is 4.74 Å². The summed E-state index contributed by atoms with van der Waals surface area (Å²) in [4.78, 5) is 4.03. The van der Waals surface area contributed by atoms with Crippen molar-refractivity contribution in [2.24, 2.45) is 0 Å². The Balaban J connectivity index is 1.47. The van der Waals surface area contributed by atoms with Gasteiger partial charge in [-0.15, -0.1) is 0 Å². The summed E-state index contributed by atoms with van der Waals surface area (Å²) >= 11 is 1.95. The monoisotopic (exact) mass is 367 g/mol. The molecule has 0 aliphatic rings. The molecule has 0 amide bonds. The first-order valence-electron chi connectivity index (χ1n) is 8.91. The van der Waals surface area contributed by atoms with Crippen LogP contribution < -0.4 is 10.1 Å². The predicted octanol–water partition coefficient (Wildman–Crippen LogP) is 4.83. The minimum Gasteiger partial charge on any atom is -0.492 e. The Morgan fingerprint density at radius 3 is 2.77 bits per heavy atom. The normalized spacial score (nSPS) is 10.7. The Morgan fingerprint density at radius 1 is 1.12 bits per heavy atom. The average Bonchev–Trinajstić information content (AvgIpc) is 3.19. The molecular weight excluding hydrogens is 342 g/mol. The minimum absolute atomic E-state index is 0.629. The van der Waals surface area contributed by atoms with Gasteiger partial charge in [-0.2, -0.15) is 11.8 Å². The Morgan fingerprint density at radius 2 is 2.00 bits per heavy atom. The van der Waals surface area contributed by atoms with Crippen LogP contribution in [-0.2, 0) is 18.8 Å². The lowest BCUT2D eigenvalue weighted by Gasteiger charge is -2.10. The topological polar surface area (TPSA) is 39.1 Å². The summed E-state index contributed by atoms with van der Waals surface area (Å²) in [6.07, 6.45) is 5.52. The quantitative estimate of drug-likeness (QED) is 0.557. The van der Waals surface area contributed by atoms with E-state index in [1.54, 1.807) is 12.5 Å². The largest absolute Gasteiger partial charge is 0.492 e. The van der Waals surface area contributed by atoms with E-state index in [1.165, 1.54) is 11.1 Å². The van der Waals surface area contributed by atoms with Gasteiger partial charge in [0, 0.05) is 30.4 Å². The Bertz CT molecular complexity index is 772. The van der Waals surface area contributed by atoms with Crippen molar-refractivity contribution in [2.75, 3.05) is 17.7 Å². The maximum absolute atomic E-state index is 5.85. The van der Waals surface area contributed by atoms with E-state index in [2.05, 4.69) is 53.6 Å². The van der Waals surface area contributed by atoms with Crippen LogP contribution in [0.3, 0.4) is 0 Å². The number of thioether (sulfide) groups is 1. The van der Waals surface area contributed by atoms with E-state index >= 15 is 0 Å². The molecule has 0 unspecified atom stereocenters. The highest BCUT2D eigenvalue weighted by Crippen LogP contribution is 2.17. The van der Waals surface area contributed by atoms with Crippen molar-refractivity contribution in [3.8, 4) is 5.75 Å². The first-order chi connectivity index (χ1) is 12.8. The molecule has 3 aromatic rings. The Kier molecular flexibility index (Phi) is 7.02. The first-order valence-corrected chi connectivity index (χ1v) is 10.1. The van der Waals surface area contributed by atoms with Crippen LogP contribution in [0.2, 0.25) is 0 Å². The molecule has 0 fully saturated rings. The van der Waals surface area contributed by atoms with Crippen LogP contribution in [0.25, 0.3) is 0 Å². The van der Waals surface area contributed by atoms with Gasteiger partial charge in [0.25, 0.3) is 0 Å². The highest BCUT2D eigenvalue weighted by Gasteiger charge is 1.99. The first kappa shape index (κ1) is 18.4. The standard InChI is InChI=1S/C21H25N3OS/c1-2-26-16-18-6-8-20(9-7-18)23-15-19-4-3-5-21(14-19)25-13-12-24-11-10-22-17-24/h3-11,14,17,23H,2,12-13,15-16H2,1H3. The molecule has 2 aromatic carbocycles. The molecule has 0 spiro atoms. The third-order valence-corrected chi connectivity index (χ3v) is 4.94. The van der Waals surface area contributed by atoms with Crippen molar-refractivity contribution in [3.63, 3.8) is 0 Å². The van der Waals surface area contributed by atoms with Crippen molar-refractivity contribution in [2.45, 2.75) is 25.8 Å². The molecule has 0 bridgehead atoms. The highest BCUT2D eigenvalue weighted by atomic mass is 32.2. The number of benzene rings is 2. The van der Waals surface area contributed by atoms with Crippen LogP contribution in [0.15, 0.2) is 67.3 Å². The number of imidazole rings is 1. The molecule has 0 saturated carbocycles. The fourth-order valence-corrected chi connectivity index (χ4v) is 3.21. The van der Waals surface area contributed by atoms with Gasteiger partial charge in [-0.1, -0.05) is 31.2 Å². The maximum Gasteiger partial charge on any atom is 0.119 e. The number of nitrogens with zero attached hydrogens (tertiary/aromatic N) is 2. The molecule has 1 aromatic heterocycles. The lowest BCUT2D eigenvalue weighted by molar-refractivity contribution is 0.298. The number of hydrogen-bond acceptors (Lipinski definition) is 4. The smallest absolute Gasteiger partial charge is 0.119 e. The summed E-state index contributed by atoms with van der Waals surface area (Å²) < 4.78 is 7.85. The van der Waals surface area contributed by atoms with Crippen LogP contribution in [-0.4, -0.2) is 21.9 Å². The molecule has 0 atom stereocenters. The van der Waals surface area contributed by atoms with Crippen LogP contribution in [0.5, 0.6) is 5.75 Å². The number of ether oxygens (including phenoxy) is 1. The van der Waals surface area contributed by atoms with Gasteiger partial charge in [0.05, 0.1) is 12.9 Å². The van der Waals surface area contributed by atoms with Crippen LogP contribution >= 0.6 is 11.8 Å². The van der Waals surface area contributed by atoms with E-state index in [9.17, 15) is 0 Å². The SMILES string of the molecule is CCSCc1ccc(NCc2cccc(OCCn3ccnc3)c2)cc1. The molecule has 0 aliphatic heterocycles. The van der Waals surface area contributed by atoms with E-state index in [0.29, 0.717) is 6.61 Å². The summed E-state index contributed by atoms with van der Waals surface area (Å²) in [5.41, 5.74) is 3.72.